The second-order valence-corrected chi connectivity index (χ2v) is 14.4. The number of aliphatic hydroxyl groups excluding tert-OH is 3. The van der Waals surface area contributed by atoms with Crippen molar-refractivity contribution < 1.29 is 39.1 Å². The first kappa shape index (κ1) is 38.4. The quantitative estimate of drug-likeness (QED) is 0.0714. The summed E-state index contributed by atoms with van der Waals surface area (Å²) < 4.78 is 17.7. The van der Waals surface area contributed by atoms with Crippen molar-refractivity contribution in [2.45, 2.75) is 217 Å². The standard InChI is InChI=1S/C37H66O8/c1-3-4-5-6-7-8-9-10-11-15-18-31(39)35-23-24-36(45-35)33(41)21-20-32(40)34-22-19-29(43-34)16-13-12-14-17-30-26-28(25-27(2)38)37(42)44-30/h28-36,39-41H,3-26H2,1-2H3/t28-,29-,30-,31-,32+,33-,34+,35-,36-/m1/s1. The van der Waals surface area contributed by atoms with E-state index in [0.29, 0.717) is 25.7 Å². The van der Waals surface area contributed by atoms with E-state index >= 15 is 0 Å². The average molecular weight is 639 g/mol. The molecule has 9 atom stereocenters. The van der Waals surface area contributed by atoms with Gasteiger partial charge in [-0.1, -0.05) is 84.0 Å². The SMILES string of the molecule is CCCCCCCCCCCC[C@@H](O)[C@H]1CC[C@H]([C@H](O)CC[C@H](O)[C@@H]2CC[C@@H](CCCCC[C@@H]3C[C@@H](CC(C)=O)C(=O)O3)O2)O1. The van der Waals surface area contributed by atoms with Gasteiger partial charge in [-0.2, -0.15) is 0 Å². The number of ketones is 1. The highest BCUT2D eigenvalue weighted by Crippen LogP contribution is 2.32. The lowest BCUT2D eigenvalue weighted by atomic mass is 9.96. The summed E-state index contributed by atoms with van der Waals surface area (Å²) >= 11 is 0. The second-order valence-electron chi connectivity index (χ2n) is 14.4. The molecule has 3 rings (SSSR count). The maximum Gasteiger partial charge on any atom is 0.309 e. The van der Waals surface area contributed by atoms with Crippen LogP contribution < -0.4 is 0 Å². The van der Waals surface area contributed by atoms with Crippen LogP contribution in [0, 0.1) is 5.92 Å². The summed E-state index contributed by atoms with van der Waals surface area (Å²) in [7, 11) is 0. The summed E-state index contributed by atoms with van der Waals surface area (Å²) in [6, 6.07) is 0. The van der Waals surface area contributed by atoms with Crippen molar-refractivity contribution in [3.63, 3.8) is 0 Å². The van der Waals surface area contributed by atoms with E-state index in [2.05, 4.69) is 6.92 Å². The summed E-state index contributed by atoms with van der Waals surface area (Å²) in [4.78, 5) is 23.2. The van der Waals surface area contributed by atoms with Crippen molar-refractivity contribution in [2.75, 3.05) is 0 Å². The zero-order valence-electron chi connectivity index (χ0n) is 28.5. The van der Waals surface area contributed by atoms with Crippen molar-refractivity contribution in [3.8, 4) is 0 Å². The highest BCUT2D eigenvalue weighted by Gasteiger charge is 2.36. The van der Waals surface area contributed by atoms with Gasteiger partial charge in [0, 0.05) is 6.42 Å². The molecule has 3 heterocycles. The largest absolute Gasteiger partial charge is 0.462 e. The van der Waals surface area contributed by atoms with Crippen LogP contribution in [0.2, 0.25) is 0 Å². The maximum absolute atomic E-state index is 11.9. The van der Waals surface area contributed by atoms with Crippen molar-refractivity contribution in [2.24, 2.45) is 5.92 Å². The molecule has 8 nitrogen and oxygen atoms in total. The van der Waals surface area contributed by atoms with E-state index in [4.69, 9.17) is 14.2 Å². The van der Waals surface area contributed by atoms with E-state index in [0.717, 1.165) is 77.0 Å². The number of esters is 1. The summed E-state index contributed by atoms with van der Waals surface area (Å²) in [5.41, 5.74) is 0. The number of hydrogen-bond donors (Lipinski definition) is 3. The molecule has 0 aromatic rings. The summed E-state index contributed by atoms with van der Waals surface area (Å²) in [6.07, 6.45) is 21.4. The molecule has 0 spiro atoms. The molecule has 3 aliphatic rings. The molecule has 0 saturated carbocycles. The fraction of sp³-hybridized carbons (Fsp3) is 0.946. The van der Waals surface area contributed by atoms with Gasteiger partial charge in [0.05, 0.1) is 48.6 Å². The lowest BCUT2D eigenvalue weighted by Gasteiger charge is -2.24. The van der Waals surface area contributed by atoms with Crippen LogP contribution in [0.25, 0.3) is 0 Å². The fourth-order valence-corrected chi connectivity index (χ4v) is 7.56. The van der Waals surface area contributed by atoms with Gasteiger partial charge in [-0.3, -0.25) is 4.79 Å². The molecule has 0 bridgehead atoms. The monoisotopic (exact) mass is 638 g/mol. The van der Waals surface area contributed by atoms with Crippen LogP contribution in [0.15, 0.2) is 0 Å². The van der Waals surface area contributed by atoms with E-state index < -0.39 is 18.3 Å². The minimum atomic E-state index is -0.636. The molecule has 3 fully saturated rings. The molecule has 0 aromatic heterocycles. The van der Waals surface area contributed by atoms with Crippen LogP contribution in [-0.4, -0.2) is 75.9 Å². The van der Waals surface area contributed by atoms with Crippen LogP contribution in [0.5, 0.6) is 0 Å². The van der Waals surface area contributed by atoms with Crippen LogP contribution in [0.3, 0.4) is 0 Å². The lowest BCUT2D eigenvalue weighted by molar-refractivity contribution is -0.145. The van der Waals surface area contributed by atoms with Gasteiger partial charge in [0.15, 0.2) is 0 Å². The number of rotatable bonds is 25. The Balaban J connectivity index is 1.18. The fourth-order valence-electron chi connectivity index (χ4n) is 7.56. The van der Waals surface area contributed by atoms with Gasteiger partial charge >= 0.3 is 5.97 Å². The topological polar surface area (TPSA) is 123 Å². The van der Waals surface area contributed by atoms with Gasteiger partial charge in [-0.05, 0) is 77.6 Å². The van der Waals surface area contributed by atoms with Crippen LogP contribution in [0.1, 0.15) is 168 Å². The van der Waals surface area contributed by atoms with Crippen molar-refractivity contribution in [1.82, 2.24) is 0 Å². The molecule has 3 saturated heterocycles. The summed E-state index contributed by atoms with van der Waals surface area (Å²) in [6.45, 7) is 3.77. The number of ether oxygens (including phenoxy) is 3. The van der Waals surface area contributed by atoms with Gasteiger partial charge < -0.3 is 34.3 Å². The number of carbonyl (C=O) groups is 2. The van der Waals surface area contributed by atoms with Crippen LogP contribution in [-0.2, 0) is 23.8 Å². The molecule has 0 unspecified atom stereocenters. The molecular formula is C37H66O8. The Morgan fingerprint density at radius 2 is 1.16 bits per heavy atom. The van der Waals surface area contributed by atoms with E-state index in [1.165, 1.54) is 58.3 Å². The average Bonchev–Trinajstić information content (AvgIpc) is 3.77. The van der Waals surface area contributed by atoms with Crippen molar-refractivity contribution in [1.29, 1.82) is 0 Å². The number of hydrogen-bond acceptors (Lipinski definition) is 8. The first-order chi connectivity index (χ1) is 21.8. The molecule has 262 valence electrons. The maximum atomic E-state index is 11.9. The van der Waals surface area contributed by atoms with Crippen LogP contribution >= 0.6 is 0 Å². The molecule has 0 amide bonds. The molecule has 0 radical (unpaired) electrons. The Morgan fingerprint density at radius 3 is 1.76 bits per heavy atom. The lowest BCUT2D eigenvalue weighted by Crippen LogP contribution is -2.33. The van der Waals surface area contributed by atoms with E-state index in [9.17, 15) is 24.9 Å². The van der Waals surface area contributed by atoms with Gasteiger partial charge in [0.2, 0.25) is 0 Å². The van der Waals surface area contributed by atoms with Gasteiger partial charge in [-0.25, -0.2) is 0 Å². The van der Waals surface area contributed by atoms with E-state index in [1.54, 1.807) is 0 Å². The molecular weight excluding hydrogens is 572 g/mol. The van der Waals surface area contributed by atoms with Gasteiger partial charge in [-0.15, -0.1) is 0 Å². The predicted molar refractivity (Wildman–Crippen MR) is 176 cm³/mol. The van der Waals surface area contributed by atoms with E-state index in [-0.39, 0.29) is 48.2 Å². The third-order valence-corrected chi connectivity index (χ3v) is 10.4. The molecule has 3 aliphatic heterocycles. The molecule has 0 aliphatic carbocycles. The normalized spacial score (nSPS) is 28.8. The third kappa shape index (κ3) is 14.7. The van der Waals surface area contributed by atoms with Crippen molar-refractivity contribution in [3.05, 3.63) is 0 Å². The van der Waals surface area contributed by atoms with E-state index in [1.807, 2.05) is 0 Å². The van der Waals surface area contributed by atoms with Crippen LogP contribution in [0.4, 0.5) is 0 Å². The Hall–Kier alpha value is -1.06. The number of aliphatic hydroxyl groups is 3. The smallest absolute Gasteiger partial charge is 0.309 e. The number of Topliss-reactive ketones (excluding diaryl/α,β-unsaturated/α-hetero) is 1. The molecule has 8 heteroatoms. The minimum Gasteiger partial charge on any atom is -0.462 e. The van der Waals surface area contributed by atoms with Gasteiger partial charge in [0.25, 0.3) is 0 Å². The second kappa shape index (κ2) is 21.7. The zero-order chi connectivity index (χ0) is 32.4. The zero-order valence-corrected chi connectivity index (χ0v) is 28.5. The number of carbonyl (C=O) groups excluding carboxylic acids is 2. The highest BCUT2D eigenvalue weighted by atomic mass is 16.6. The predicted octanol–water partition coefficient (Wildman–Crippen LogP) is 7.12. The summed E-state index contributed by atoms with van der Waals surface area (Å²) in [5, 5.41) is 32.2. The Labute approximate surface area is 273 Å². The number of cyclic esters (lactones) is 1. The Morgan fingerprint density at radius 1 is 0.667 bits per heavy atom. The first-order valence-electron chi connectivity index (χ1n) is 18.8. The Bertz CT molecular complexity index is 820. The van der Waals surface area contributed by atoms with Crippen molar-refractivity contribution >= 4 is 11.8 Å². The third-order valence-electron chi connectivity index (χ3n) is 10.4. The molecule has 45 heavy (non-hydrogen) atoms. The number of unbranched alkanes of at least 4 members (excludes halogenated alkanes) is 11. The summed E-state index contributed by atoms with van der Waals surface area (Å²) in [5.74, 6) is -0.445. The highest BCUT2D eigenvalue weighted by molar-refractivity contribution is 5.83. The minimum absolute atomic E-state index is 0.0377. The molecule has 0 aromatic carbocycles. The first-order valence-corrected chi connectivity index (χ1v) is 18.8. The Kier molecular flexibility index (Phi) is 18.5. The molecule has 3 N–H and O–H groups in total. The van der Waals surface area contributed by atoms with Gasteiger partial charge in [0.1, 0.15) is 11.9 Å².